The minimum atomic E-state index is -4.63. The van der Waals surface area contributed by atoms with Gasteiger partial charge >= 0.3 is 6.18 Å². The van der Waals surface area contributed by atoms with Crippen LogP contribution in [0.2, 0.25) is 0 Å². The summed E-state index contributed by atoms with van der Waals surface area (Å²) >= 11 is 0. The number of aliphatic hydroxyl groups excluding tert-OH is 1. The van der Waals surface area contributed by atoms with E-state index in [2.05, 4.69) is 0 Å². The van der Waals surface area contributed by atoms with Crippen molar-refractivity contribution in [1.82, 2.24) is 0 Å². The first-order valence-electron chi connectivity index (χ1n) is 7.51. The first-order chi connectivity index (χ1) is 11.6. The number of ether oxygens (including phenoxy) is 1. The minimum absolute atomic E-state index is 0.0866. The molecule has 25 heavy (non-hydrogen) atoms. The van der Waals surface area contributed by atoms with Gasteiger partial charge in [-0.05, 0) is 35.2 Å². The second kappa shape index (κ2) is 7.01. The first kappa shape index (κ1) is 19.2. The van der Waals surface area contributed by atoms with Crippen LogP contribution in [0.5, 0.6) is 5.75 Å². The van der Waals surface area contributed by atoms with E-state index >= 15 is 0 Å². The number of alkyl halides is 3. The molecule has 2 aromatic carbocycles. The molecule has 0 amide bonds. The lowest BCUT2D eigenvalue weighted by Crippen LogP contribution is -2.08. The van der Waals surface area contributed by atoms with Crippen molar-refractivity contribution in [2.24, 2.45) is 0 Å². The molecule has 2 rings (SSSR count). The standard InChI is InChI=1S/C18H18F4O3/c1-9(2)12-7-13(16(25-3)8-15(12)19)11-5-4-10(18(20,21)22)6-14(11)17(23)24/h4-9,17,23-24H,1-3H3. The van der Waals surface area contributed by atoms with Gasteiger partial charge in [0, 0.05) is 17.2 Å². The summed E-state index contributed by atoms with van der Waals surface area (Å²) in [6.07, 6.45) is -6.76. The predicted molar refractivity (Wildman–Crippen MR) is 84.7 cm³/mol. The number of hydrogen-bond acceptors (Lipinski definition) is 3. The van der Waals surface area contributed by atoms with E-state index in [1.807, 2.05) is 0 Å². The molecule has 0 saturated heterocycles. The van der Waals surface area contributed by atoms with Gasteiger partial charge in [-0.3, -0.25) is 0 Å². The highest BCUT2D eigenvalue weighted by Crippen LogP contribution is 2.40. The molecular weight excluding hydrogens is 340 g/mol. The third-order valence-corrected chi connectivity index (χ3v) is 3.89. The predicted octanol–water partition coefficient (Wildman–Crippen LogP) is 4.63. The lowest BCUT2D eigenvalue weighted by molar-refractivity contribution is -0.137. The smallest absolute Gasteiger partial charge is 0.416 e. The number of methoxy groups -OCH3 is 1. The summed E-state index contributed by atoms with van der Waals surface area (Å²) in [5.41, 5.74) is -0.598. The van der Waals surface area contributed by atoms with Crippen LogP contribution in [0, 0.1) is 5.82 Å². The molecule has 2 N–H and O–H groups in total. The lowest BCUT2D eigenvalue weighted by atomic mass is 9.92. The van der Waals surface area contributed by atoms with Crippen molar-refractivity contribution in [3.8, 4) is 16.9 Å². The molecule has 7 heteroatoms. The van der Waals surface area contributed by atoms with Gasteiger partial charge in [-0.2, -0.15) is 13.2 Å². The van der Waals surface area contributed by atoms with Crippen molar-refractivity contribution in [3.63, 3.8) is 0 Å². The van der Waals surface area contributed by atoms with Gasteiger partial charge in [-0.25, -0.2) is 4.39 Å². The summed E-state index contributed by atoms with van der Waals surface area (Å²) < 4.78 is 57.9. The van der Waals surface area contributed by atoms with Gasteiger partial charge in [0.05, 0.1) is 12.7 Å². The number of rotatable bonds is 4. The fourth-order valence-electron chi connectivity index (χ4n) is 2.59. The SMILES string of the molecule is COc1cc(F)c(C(C)C)cc1-c1ccc(C(F)(F)F)cc1C(O)O. The molecule has 136 valence electrons. The van der Waals surface area contributed by atoms with E-state index in [1.165, 1.54) is 13.2 Å². The van der Waals surface area contributed by atoms with E-state index in [1.54, 1.807) is 13.8 Å². The highest BCUT2D eigenvalue weighted by molar-refractivity contribution is 5.75. The van der Waals surface area contributed by atoms with Crippen molar-refractivity contribution in [2.45, 2.75) is 32.2 Å². The van der Waals surface area contributed by atoms with Crippen LogP contribution in [0.1, 0.15) is 42.7 Å². The zero-order chi connectivity index (χ0) is 18.9. The Morgan fingerprint density at radius 2 is 1.60 bits per heavy atom. The van der Waals surface area contributed by atoms with Crippen molar-refractivity contribution in [1.29, 1.82) is 0 Å². The van der Waals surface area contributed by atoms with E-state index in [0.717, 1.165) is 18.2 Å². The largest absolute Gasteiger partial charge is 0.496 e. The molecule has 0 radical (unpaired) electrons. The van der Waals surface area contributed by atoms with Gasteiger partial charge < -0.3 is 14.9 Å². The molecule has 0 saturated carbocycles. The number of halogens is 4. The maximum atomic E-state index is 14.1. The molecule has 2 aromatic rings. The zero-order valence-corrected chi connectivity index (χ0v) is 13.9. The maximum absolute atomic E-state index is 14.1. The molecule has 0 fully saturated rings. The van der Waals surface area contributed by atoms with E-state index in [-0.39, 0.29) is 28.4 Å². The monoisotopic (exact) mass is 358 g/mol. The van der Waals surface area contributed by atoms with E-state index in [4.69, 9.17) is 4.74 Å². The average molecular weight is 358 g/mol. The summed E-state index contributed by atoms with van der Waals surface area (Å²) in [5, 5.41) is 19.1. The van der Waals surface area contributed by atoms with Crippen molar-refractivity contribution in [2.75, 3.05) is 7.11 Å². The molecule has 0 spiro atoms. The average Bonchev–Trinajstić information content (AvgIpc) is 2.52. The second-order valence-electron chi connectivity index (χ2n) is 5.90. The Labute approximate surface area is 142 Å². The Bertz CT molecular complexity index is 768. The van der Waals surface area contributed by atoms with E-state index in [9.17, 15) is 27.8 Å². The molecule has 0 aliphatic heterocycles. The van der Waals surface area contributed by atoms with E-state index in [0.29, 0.717) is 11.6 Å². The minimum Gasteiger partial charge on any atom is -0.496 e. The van der Waals surface area contributed by atoms with Gasteiger partial charge in [0.2, 0.25) is 0 Å². The molecule has 0 heterocycles. The normalized spacial score (nSPS) is 12.1. The molecule has 0 aliphatic rings. The summed E-state index contributed by atoms with van der Waals surface area (Å²) in [7, 11) is 1.30. The third-order valence-electron chi connectivity index (χ3n) is 3.89. The Balaban J connectivity index is 2.75. The first-order valence-corrected chi connectivity index (χ1v) is 7.51. The number of hydrogen-bond donors (Lipinski definition) is 2. The quantitative estimate of drug-likeness (QED) is 0.619. The van der Waals surface area contributed by atoms with Gasteiger partial charge in [0.15, 0.2) is 6.29 Å². The number of aliphatic hydroxyl groups is 2. The van der Waals surface area contributed by atoms with Crippen molar-refractivity contribution < 1.29 is 32.5 Å². The van der Waals surface area contributed by atoms with Crippen LogP contribution in [0.15, 0.2) is 30.3 Å². The molecule has 0 aliphatic carbocycles. The fourth-order valence-corrected chi connectivity index (χ4v) is 2.59. The Morgan fingerprint density at radius 1 is 0.960 bits per heavy atom. The summed E-state index contributed by atoms with van der Waals surface area (Å²) in [5.74, 6) is -0.598. The van der Waals surface area contributed by atoms with Crippen molar-refractivity contribution in [3.05, 3.63) is 52.8 Å². The zero-order valence-electron chi connectivity index (χ0n) is 13.9. The van der Waals surface area contributed by atoms with Gasteiger partial charge in [-0.15, -0.1) is 0 Å². The molecule has 0 aromatic heterocycles. The lowest BCUT2D eigenvalue weighted by Gasteiger charge is -2.19. The summed E-state index contributed by atoms with van der Waals surface area (Å²) in [6.45, 7) is 3.53. The summed E-state index contributed by atoms with van der Waals surface area (Å²) in [4.78, 5) is 0. The highest BCUT2D eigenvalue weighted by Gasteiger charge is 2.32. The van der Waals surface area contributed by atoms with Crippen LogP contribution < -0.4 is 4.74 Å². The van der Waals surface area contributed by atoms with Gasteiger partial charge in [0.1, 0.15) is 11.6 Å². The van der Waals surface area contributed by atoms with Crippen LogP contribution in [-0.2, 0) is 6.18 Å². The van der Waals surface area contributed by atoms with E-state index < -0.39 is 23.8 Å². The molecular formula is C18H18F4O3. The highest BCUT2D eigenvalue weighted by atomic mass is 19.4. The summed E-state index contributed by atoms with van der Waals surface area (Å²) in [6, 6.07) is 5.21. The Morgan fingerprint density at radius 3 is 2.08 bits per heavy atom. The molecule has 3 nitrogen and oxygen atoms in total. The van der Waals surface area contributed by atoms with Crippen LogP contribution in [0.3, 0.4) is 0 Å². The second-order valence-corrected chi connectivity index (χ2v) is 5.90. The van der Waals surface area contributed by atoms with Gasteiger partial charge in [0.25, 0.3) is 0 Å². The maximum Gasteiger partial charge on any atom is 0.416 e. The number of benzene rings is 2. The Hall–Kier alpha value is -2.12. The molecule has 0 bridgehead atoms. The van der Waals surface area contributed by atoms with Crippen LogP contribution in [-0.4, -0.2) is 17.3 Å². The molecule has 0 unspecified atom stereocenters. The van der Waals surface area contributed by atoms with Crippen molar-refractivity contribution >= 4 is 0 Å². The fraction of sp³-hybridized carbons (Fsp3) is 0.333. The van der Waals surface area contributed by atoms with Crippen LogP contribution in [0.25, 0.3) is 11.1 Å². The van der Waals surface area contributed by atoms with Gasteiger partial charge in [-0.1, -0.05) is 19.9 Å². The van der Waals surface area contributed by atoms with Crippen LogP contribution in [0.4, 0.5) is 17.6 Å². The molecule has 0 atom stereocenters. The third kappa shape index (κ3) is 3.93. The topological polar surface area (TPSA) is 49.7 Å². The van der Waals surface area contributed by atoms with Crippen LogP contribution >= 0.6 is 0 Å². The Kier molecular flexibility index (Phi) is 5.39.